The summed E-state index contributed by atoms with van der Waals surface area (Å²) in [6.45, 7) is 5.96. The van der Waals surface area contributed by atoms with Gasteiger partial charge in [0, 0.05) is 27.6 Å². The summed E-state index contributed by atoms with van der Waals surface area (Å²) in [7, 11) is 3.84. The number of carbonyl (C=O) groups is 4. The van der Waals surface area contributed by atoms with Crippen molar-refractivity contribution in [3.63, 3.8) is 0 Å². The van der Waals surface area contributed by atoms with Gasteiger partial charge in [-0.2, -0.15) is 0 Å². The fourth-order valence-corrected chi connectivity index (χ4v) is 8.80. The van der Waals surface area contributed by atoms with Crippen LogP contribution in [-0.4, -0.2) is 261 Å². The van der Waals surface area contributed by atoms with Crippen molar-refractivity contribution in [3.05, 3.63) is 0 Å². The van der Waals surface area contributed by atoms with Crippen LogP contribution in [0.2, 0.25) is 0 Å². The highest BCUT2D eigenvalue weighted by molar-refractivity contribution is 5.82. The van der Waals surface area contributed by atoms with Gasteiger partial charge in [-0.1, -0.05) is 27.7 Å². The summed E-state index contributed by atoms with van der Waals surface area (Å²) in [5, 5.41) is 106. The Hall–Kier alpha value is -3.04. The number of carbonyl (C=O) groups excluding carboxylic acids is 4. The van der Waals surface area contributed by atoms with E-state index in [0.29, 0.717) is 6.61 Å². The molecule has 3 heterocycles. The monoisotopic (exact) mass is 1020 g/mol. The van der Waals surface area contributed by atoms with Crippen LogP contribution >= 0.6 is 0 Å². The van der Waals surface area contributed by atoms with Gasteiger partial charge < -0.3 is 114 Å². The van der Waals surface area contributed by atoms with Crippen LogP contribution in [0.4, 0.5) is 4.79 Å². The van der Waals surface area contributed by atoms with Crippen molar-refractivity contribution >= 4 is 23.9 Å². The maximum Gasteiger partial charge on any atom is 0.407 e. The Morgan fingerprint density at radius 3 is 1.94 bits per heavy atom. The number of aliphatic hydroxyl groups excluding tert-OH is 9. The molecule has 3 aliphatic rings. The third-order valence-electron chi connectivity index (χ3n) is 12.2. The Balaban J connectivity index is 1.91. The molecule has 27 heteroatoms. The summed E-state index contributed by atoms with van der Waals surface area (Å²) < 4.78 is 61.3. The zero-order chi connectivity index (χ0) is 52.5. The van der Waals surface area contributed by atoms with Crippen LogP contribution in [0.25, 0.3) is 0 Å². The van der Waals surface area contributed by atoms with Crippen LogP contribution in [0.5, 0.6) is 0 Å². The van der Waals surface area contributed by atoms with E-state index in [1.54, 1.807) is 0 Å². The number of amides is 3. The van der Waals surface area contributed by atoms with Crippen LogP contribution in [0.1, 0.15) is 41.0 Å². The Bertz CT molecular complexity index is 1580. The molecule has 0 aromatic heterocycles. The number of nitrogens with one attached hydrogen (secondary N) is 3. The average Bonchev–Trinajstić information content (AvgIpc) is 3.32. The van der Waals surface area contributed by atoms with E-state index < -0.39 is 160 Å². The largest absolute Gasteiger partial charge is 0.465 e. The van der Waals surface area contributed by atoms with Gasteiger partial charge in [-0.05, 0) is 17.8 Å². The predicted molar refractivity (Wildman–Crippen MR) is 235 cm³/mol. The highest BCUT2D eigenvalue weighted by Crippen LogP contribution is 2.40. The molecule has 3 amide bonds. The van der Waals surface area contributed by atoms with E-state index in [-0.39, 0.29) is 50.8 Å². The van der Waals surface area contributed by atoms with Crippen LogP contribution in [0, 0.1) is 17.8 Å². The van der Waals surface area contributed by atoms with Crippen molar-refractivity contribution in [2.24, 2.45) is 17.8 Å². The Morgan fingerprint density at radius 1 is 0.757 bits per heavy atom. The molecule has 0 saturated carbocycles. The second-order valence-electron chi connectivity index (χ2n) is 17.9. The minimum absolute atomic E-state index is 0.0217. The SMILES string of the molecule is COCCOCC(COC(=O)NCC(=O)N[C@H]1C([C@H](O)[C@H](O)CO)O[C@@](O[C@@H]2C(O)[C@H](O[C@@H]3C(NC(C)=O)[C@H](C(C(C)C)C(C)C)OC(CO)[C@@H]3O)OC(CO)[C@@H]2O)(C(=O)OC)C[C@H]1O)OCCOC. The van der Waals surface area contributed by atoms with Gasteiger partial charge in [-0.3, -0.25) is 9.59 Å². The Kier molecular flexibility index (Phi) is 25.9. The van der Waals surface area contributed by atoms with E-state index in [9.17, 15) is 65.1 Å². The number of methoxy groups -OCH3 is 3. The molecule has 3 saturated heterocycles. The number of aliphatic hydroxyl groups is 9. The van der Waals surface area contributed by atoms with E-state index in [4.69, 9.17) is 52.1 Å². The Labute approximate surface area is 406 Å². The number of rotatable bonds is 28. The minimum atomic E-state index is -2.94. The third-order valence-corrected chi connectivity index (χ3v) is 12.2. The summed E-state index contributed by atoms with van der Waals surface area (Å²) in [6, 6.07) is -2.90. The van der Waals surface area contributed by atoms with Gasteiger partial charge >= 0.3 is 12.1 Å². The lowest BCUT2D eigenvalue weighted by Crippen LogP contribution is -2.71. The predicted octanol–water partition coefficient (Wildman–Crippen LogP) is -5.61. The Morgan fingerprint density at radius 2 is 1.37 bits per heavy atom. The second-order valence-corrected chi connectivity index (χ2v) is 17.9. The molecule has 0 aromatic carbocycles. The first-order chi connectivity index (χ1) is 33.1. The molecule has 408 valence electrons. The summed E-state index contributed by atoms with van der Waals surface area (Å²) in [6.07, 6.45) is -26.4. The van der Waals surface area contributed by atoms with E-state index in [1.807, 2.05) is 27.7 Å². The zero-order valence-corrected chi connectivity index (χ0v) is 40.9. The van der Waals surface area contributed by atoms with E-state index in [2.05, 4.69) is 16.0 Å². The lowest BCUT2D eigenvalue weighted by atomic mass is 9.75. The van der Waals surface area contributed by atoms with Crippen LogP contribution in [0.15, 0.2) is 0 Å². The van der Waals surface area contributed by atoms with Crippen molar-refractivity contribution < 1.29 is 117 Å². The molecule has 0 radical (unpaired) electrons. The van der Waals surface area contributed by atoms with Crippen molar-refractivity contribution in [1.82, 2.24) is 16.0 Å². The third kappa shape index (κ3) is 16.5. The van der Waals surface area contributed by atoms with Crippen LogP contribution in [-0.2, 0) is 66.5 Å². The fourth-order valence-electron chi connectivity index (χ4n) is 8.80. The van der Waals surface area contributed by atoms with E-state index in [0.717, 1.165) is 7.11 Å². The zero-order valence-electron chi connectivity index (χ0n) is 40.9. The number of esters is 1. The fraction of sp³-hybridized carbons (Fsp3) is 0.907. The van der Waals surface area contributed by atoms with Gasteiger partial charge in [-0.15, -0.1) is 0 Å². The number of hydrogen-bond donors (Lipinski definition) is 12. The molecular formula is C43H77N3O24. The standard InChI is InChI=1S/C43H77N3O24/c1-20(2)29(21(3)4)36-31(45-22(5)50)37(33(55)26(16-48)66-36)68-40-35(57)39(34(56)27(17-49)67-40)70-43(41(58)62-8)13-24(51)30(38(69-43)32(54)25(52)15-47)46-28(53)14-44-42(59)65-19-23(64-12-10-61-7)18-63-11-9-60-6/h20-21,23-27,29-40,47-49,51-52,54-57H,9-19H2,1-8H3,(H,44,59)(H,45,50)(H,46,53)/t23?,24-,25-,26?,27?,30-,31?,32-,33+,34+,35?,36+,37-,38?,39+,40+,43+/m1/s1. The van der Waals surface area contributed by atoms with Crippen LogP contribution in [0.3, 0.4) is 0 Å². The lowest BCUT2D eigenvalue weighted by molar-refractivity contribution is -0.379. The van der Waals surface area contributed by atoms with E-state index in [1.165, 1.54) is 21.1 Å². The molecule has 17 atom stereocenters. The molecule has 3 rings (SSSR count). The van der Waals surface area contributed by atoms with Gasteiger partial charge in [-0.25, -0.2) is 9.59 Å². The van der Waals surface area contributed by atoms with Crippen molar-refractivity contribution in [2.45, 2.75) is 145 Å². The highest BCUT2D eigenvalue weighted by Gasteiger charge is 2.61. The van der Waals surface area contributed by atoms with Gasteiger partial charge in [0.05, 0.1) is 84.3 Å². The molecule has 0 aliphatic carbocycles. The molecule has 12 N–H and O–H groups in total. The molecule has 0 aromatic rings. The molecule has 3 fully saturated rings. The van der Waals surface area contributed by atoms with Gasteiger partial charge in [0.25, 0.3) is 5.79 Å². The first kappa shape index (κ1) is 61.3. The van der Waals surface area contributed by atoms with Gasteiger partial charge in [0.2, 0.25) is 11.8 Å². The topological polar surface area (TPSA) is 388 Å². The highest BCUT2D eigenvalue weighted by atomic mass is 16.8. The van der Waals surface area contributed by atoms with Gasteiger partial charge in [0.15, 0.2) is 6.29 Å². The molecule has 3 aliphatic heterocycles. The first-order valence-electron chi connectivity index (χ1n) is 23.1. The minimum Gasteiger partial charge on any atom is -0.465 e. The van der Waals surface area contributed by atoms with E-state index >= 15 is 0 Å². The molecule has 0 bridgehead atoms. The maximum absolute atomic E-state index is 13.8. The average molecular weight is 1020 g/mol. The second kappa shape index (κ2) is 29.6. The molecule has 27 nitrogen and oxygen atoms in total. The smallest absolute Gasteiger partial charge is 0.407 e. The normalized spacial score (nSPS) is 32.8. The van der Waals surface area contributed by atoms with Crippen molar-refractivity contribution in [1.29, 1.82) is 0 Å². The summed E-state index contributed by atoms with van der Waals surface area (Å²) in [5.41, 5.74) is 0. The van der Waals surface area contributed by atoms with Crippen molar-refractivity contribution in [2.75, 3.05) is 87.3 Å². The molecule has 6 unspecified atom stereocenters. The molecule has 0 spiro atoms. The number of hydrogen-bond acceptors (Lipinski definition) is 24. The molecular weight excluding hydrogens is 942 g/mol. The summed E-state index contributed by atoms with van der Waals surface area (Å²) in [4.78, 5) is 52.3. The quantitative estimate of drug-likeness (QED) is 0.0257. The summed E-state index contributed by atoms with van der Waals surface area (Å²) >= 11 is 0. The molecule has 70 heavy (non-hydrogen) atoms. The first-order valence-corrected chi connectivity index (χ1v) is 23.1. The van der Waals surface area contributed by atoms with Crippen LogP contribution < -0.4 is 16.0 Å². The summed E-state index contributed by atoms with van der Waals surface area (Å²) in [5.74, 6) is -6.39. The lowest BCUT2D eigenvalue weighted by Gasteiger charge is -2.52. The van der Waals surface area contributed by atoms with Crippen molar-refractivity contribution in [3.8, 4) is 0 Å². The van der Waals surface area contributed by atoms with Gasteiger partial charge in [0.1, 0.15) is 80.3 Å². The number of alkyl carbamates (subject to hydrolysis) is 1. The maximum atomic E-state index is 13.8. The number of ether oxygens (including phenoxy) is 11.